The number of hydrogen-bond donors (Lipinski definition) is 1. The zero-order valence-corrected chi connectivity index (χ0v) is 16.7. The number of nitrogens with zero attached hydrogens (tertiary/aromatic N) is 1. The van der Waals surface area contributed by atoms with E-state index in [4.69, 9.17) is 4.74 Å². The first kappa shape index (κ1) is 18.2. The van der Waals surface area contributed by atoms with Crippen LogP contribution in [0.3, 0.4) is 0 Å². The number of benzene rings is 1. The van der Waals surface area contributed by atoms with E-state index in [0.717, 1.165) is 44.6 Å². The molecule has 1 spiro atoms. The van der Waals surface area contributed by atoms with Crippen molar-refractivity contribution in [2.24, 2.45) is 17.8 Å². The molecule has 1 aromatic rings. The summed E-state index contributed by atoms with van der Waals surface area (Å²) in [4.78, 5) is 28.0. The molecule has 1 N–H and O–H groups in total. The molecule has 28 heavy (non-hydrogen) atoms. The first-order chi connectivity index (χ1) is 13.6. The van der Waals surface area contributed by atoms with Gasteiger partial charge in [0.1, 0.15) is 11.4 Å². The van der Waals surface area contributed by atoms with Crippen molar-refractivity contribution in [1.29, 1.82) is 0 Å². The normalized spacial score (nSPS) is 33.9. The minimum Gasteiger partial charge on any atom is -0.486 e. The molecule has 4 atom stereocenters. The monoisotopic (exact) mass is 382 g/mol. The molecule has 0 unspecified atom stereocenters. The van der Waals surface area contributed by atoms with E-state index in [-0.39, 0.29) is 23.5 Å². The van der Waals surface area contributed by atoms with Crippen molar-refractivity contribution < 1.29 is 14.3 Å². The third-order valence-electron chi connectivity index (χ3n) is 7.36. The molecule has 2 aliphatic heterocycles. The fourth-order valence-electron chi connectivity index (χ4n) is 5.92. The van der Waals surface area contributed by atoms with Crippen molar-refractivity contribution in [3.05, 3.63) is 29.3 Å². The maximum absolute atomic E-state index is 12.8. The number of fused-ring (bicyclic) bond motifs is 3. The van der Waals surface area contributed by atoms with Gasteiger partial charge in [-0.15, -0.1) is 0 Å². The topological polar surface area (TPSA) is 58.6 Å². The number of hydrogen-bond acceptors (Lipinski definition) is 4. The van der Waals surface area contributed by atoms with Crippen molar-refractivity contribution >= 4 is 11.7 Å². The summed E-state index contributed by atoms with van der Waals surface area (Å²) in [6.45, 7) is 5.98. The molecule has 1 aromatic carbocycles. The van der Waals surface area contributed by atoms with Crippen molar-refractivity contribution in [1.82, 2.24) is 10.2 Å². The highest BCUT2D eigenvalue weighted by atomic mass is 16.5. The molecule has 0 bridgehead atoms. The Balaban J connectivity index is 1.22. The van der Waals surface area contributed by atoms with Gasteiger partial charge >= 0.3 is 0 Å². The summed E-state index contributed by atoms with van der Waals surface area (Å²) in [6.07, 6.45) is 6.17. The Hall–Kier alpha value is -1.88. The molecule has 0 radical (unpaired) electrons. The number of piperidine rings is 1. The van der Waals surface area contributed by atoms with Crippen molar-refractivity contribution in [2.45, 2.75) is 51.0 Å². The Morgan fingerprint density at radius 2 is 2.11 bits per heavy atom. The lowest BCUT2D eigenvalue weighted by atomic mass is 9.84. The van der Waals surface area contributed by atoms with Gasteiger partial charge in [0.15, 0.2) is 5.78 Å². The number of ketones is 1. The van der Waals surface area contributed by atoms with Crippen LogP contribution in [-0.2, 0) is 4.79 Å². The first-order valence-electron chi connectivity index (χ1n) is 10.9. The van der Waals surface area contributed by atoms with Crippen LogP contribution in [0.15, 0.2) is 18.2 Å². The predicted octanol–water partition coefficient (Wildman–Crippen LogP) is 2.96. The zero-order chi connectivity index (χ0) is 19.3. The van der Waals surface area contributed by atoms with Gasteiger partial charge in [-0.2, -0.15) is 0 Å². The molecule has 5 nitrogen and oxygen atoms in total. The summed E-state index contributed by atoms with van der Waals surface area (Å²) >= 11 is 0. The lowest BCUT2D eigenvalue weighted by Crippen LogP contribution is -2.45. The molecule has 2 aliphatic carbocycles. The first-order valence-corrected chi connectivity index (χ1v) is 10.9. The van der Waals surface area contributed by atoms with Crippen LogP contribution in [-0.4, -0.2) is 48.4 Å². The van der Waals surface area contributed by atoms with E-state index >= 15 is 0 Å². The van der Waals surface area contributed by atoms with E-state index < -0.39 is 5.60 Å². The molecule has 5 heteroatoms. The van der Waals surface area contributed by atoms with Crippen molar-refractivity contribution in [3.8, 4) is 5.75 Å². The second-order valence-electron chi connectivity index (χ2n) is 9.21. The van der Waals surface area contributed by atoms with Gasteiger partial charge in [0, 0.05) is 24.9 Å². The molecule has 1 saturated heterocycles. The predicted molar refractivity (Wildman–Crippen MR) is 106 cm³/mol. The van der Waals surface area contributed by atoms with Crippen LogP contribution in [0.4, 0.5) is 0 Å². The Morgan fingerprint density at radius 3 is 2.93 bits per heavy atom. The molecule has 2 saturated carbocycles. The van der Waals surface area contributed by atoms with Gasteiger partial charge in [0.25, 0.3) is 0 Å². The molecule has 1 amide bonds. The van der Waals surface area contributed by atoms with Gasteiger partial charge in [0.05, 0.1) is 12.0 Å². The van der Waals surface area contributed by atoms with Gasteiger partial charge in [-0.05, 0) is 63.7 Å². The van der Waals surface area contributed by atoms with Gasteiger partial charge in [-0.25, -0.2) is 0 Å². The molecule has 0 aromatic heterocycles. The third-order valence-corrected chi connectivity index (χ3v) is 7.36. The minimum absolute atomic E-state index is 0.0231. The number of likely N-dealkylation sites (tertiary alicyclic amines) is 1. The second kappa shape index (κ2) is 6.87. The fourth-order valence-corrected chi connectivity index (χ4v) is 5.92. The summed E-state index contributed by atoms with van der Waals surface area (Å²) in [7, 11) is 0. The highest BCUT2D eigenvalue weighted by Gasteiger charge is 2.70. The van der Waals surface area contributed by atoms with Crippen LogP contribution in [0, 0.1) is 24.7 Å². The average Bonchev–Trinajstić information content (AvgIpc) is 3.34. The molecule has 2 heterocycles. The van der Waals surface area contributed by atoms with Gasteiger partial charge < -0.3 is 15.0 Å². The SMILES string of the molecule is Cc1ccc2c(c1)C(=O)C[C@]1(CC[C@@H]3[C@@H](C(=O)NCCN4CCCCC4)[C@@H]31)O2. The lowest BCUT2D eigenvalue weighted by molar-refractivity contribution is -0.124. The van der Waals surface area contributed by atoms with Crippen molar-refractivity contribution in [2.75, 3.05) is 26.2 Å². The Kier molecular flexibility index (Phi) is 4.46. The number of Topliss-reactive ketones (excluding diaryl/α,β-unsaturated/α-hetero) is 1. The van der Waals surface area contributed by atoms with E-state index in [9.17, 15) is 9.59 Å². The third kappa shape index (κ3) is 3.04. The maximum atomic E-state index is 12.8. The maximum Gasteiger partial charge on any atom is 0.223 e. The van der Waals surface area contributed by atoms with Crippen LogP contribution < -0.4 is 10.1 Å². The highest BCUT2D eigenvalue weighted by molar-refractivity contribution is 6.01. The van der Waals surface area contributed by atoms with Gasteiger partial charge in [-0.1, -0.05) is 18.1 Å². The van der Waals surface area contributed by atoms with Crippen molar-refractivity contribution in [3.63, 3.8) is 0 Å². The number of ether oxygens (including phenoxy) is 1. The summed E-state index contributed by atoms with van der Waals surface area (Å²) in [5.74, 6) is 1.64. The molecular formula is C23H30N2O3. The second-order valence-corrected chi connectivity index (χ2v) is 9.21. The standard InChI is InChI=1S/C23H30N2O3/c1-15-5-6-19-17(13-15)18(26)14-23(28-19)8-7-16-20(21(16)23)22(27)24-9-12-25-10-3-2-4-11-25/h5-6,13,16,20-21H,2-4,7-12,14H2,1H3,(H,24,27)/t16-,20-,21-,23+/m1/s1. The van der Waals surface area contributed by atoms with Gasteiger partial charge in [0.2, 0.25) is 5.91 Å². The Morgan fingerprint density at radius 1 is 1.29 bits per heavy atom. The largest absolute Gasteiger partial charge is 0.486 e. The van der Waals surface area contributed by atoms with Crippen LogP contribution >= 0.6 is 0 Å². The lowest BCUT2D eigenvalue weighted by Gasteiger charge is -2.37. The number of amides is 1. The minimum atomic E-state index is -0.459. The molecule has 3 fully saturated rings. The summed E-state index contributed by atoms with van der Waals surface area (Å²) in [5.41, 5.74) is 1.32. The Bertz CT molecular complexity index is 801. The van der Waals surface area contributed by atoms with Crippen LogP contribution in [0.2, 0.25) is 0 Å². The average molecular weight is 383 g/mol. The highest BCUT2D eigenvalue weighted by Crippen LogP contribution is 2.65. The van der Waals surface area contributed by atoms with E-state index in [1.165, 1.54) is 19.3 Å². The molecular weight excluding hydrogens is 352 g/mol. The van der Waals surface area contributed by atoms with E-state index in [1.807, 2.05) is 25.1 Å². The quantitative estimate of drug-likeness (QED) is 0.870. The molecule has 150 valence electrons. The summed E-state index contributed by atoms with van der Waals surface area (Å²) in [6, 6.07) is 5.84. The fraction of sp³-hybridized carbons (Fsp3) is 0.652. The number of nitrogens with one attached hydrogen (secondary N) is 1. The van der Waals surface area contributed by atoms with E-state index in [0.29, 0.717) is 23.7 Å². The smallest absolute Gasteiger partial charge is 0.223 e. The molecule has 4 aliphatic rings. The van der Waals surface area contributed by atoms with E-state index in [1.54, 1.807) is 0 Å². The zero-order valence-electron chi connectivity index (χ0n) is 16.7. The van der Waals surface area contributed by atoms with E-state index in [2.05, 4.69) is 10.2 Å². The number of rotatable bonds is 4. The van der Waals surface area contributed by atoms with Crippen LogP contribution in [0.25, 0.3) is 0 Å². The molecule has 5 rings (SSSR count). The van der Waals surface area contributed by atoms with Crippen LogP contribution in [0.5, 0.6) is 5.75 Å². The number of carbonyl (C=O) groups is 2. The Labute approximate surface area is 166 Å². The van der Waals surface area contributed by atoms with Crippen LogP contribution in [0.1, 0.15) is 54.4 Å². The summed E-state index contributed by atoms with van der Waals surface area (Å²) in [5, 5.41) is 3.16. The van der Waals surface area contributed by atoms with Gasteiger partial charge in [-0.3, -0.25) is 9.59 Å². The number of carbonyl (C=O) groups excluding carboxylic acids is 2. The number of aryl methyl sites for hydroxylation is 1. The summed E-state index contributed by atoms with van der Waals surface area (Å²) < 4.78 is 6.43.